The largest absolute Gasteiger partial charge is 0.373 e. The number of hydrogen-bond donors (Lipinski definition) is 1. The SMILES string of the molecule is O=C(NC1CC2CCC1O2)c1cccc(CCl)c1. The molecule has 2 heterocycles. The van der Waals surface area contributed by atoms with E-state index in [0.717, 1.165) is 24.8 Å². The summed E-state index contributed by atoms with van der Waals surface area (Å²) in [5.41, 5.74) is 1.64. The topological polar surface area (TPSA) is 38.3 Å². The second-order valence-electron chi connectivity index (χ2n) is 5.02. The van der Waals surface area contributed by atoms with Gasteiger partial charge in [0.05, 0.1) is 18.2 Å². The van der Waals surface area contributed by atoms with Gasteiger partial charge in [0, 0.05) is 11.4 Å². The minimum absolute atomic E-state index is 0.0249. The van der Waals surface area contributed by atoms with Crippen LogP contribution >= 0.6 is 11.6 Å². The van der Waals surface area contributed by atoms with E-state index in [-0.39, 0.29) is 18.1 Å². The number of benzene rings is 1. The quantitative estimate of drug-likeness (QED) is 0.853. The van der Waals surface area contributed by atoms with Crippen molar-refractivity contribution < 1.29 is 9.53 Å². The first-order valence-electron chi connectivity index (χ1n) is 6.37. The van der Waals surface area contributed by atoms with E-state index in [1.807, 2.05) is 24.3 Å². The number of nitrogens with one attached hydrogen (secondary N) is 1. The zero-order valence-corrected chi connectivity index (χ0v) is 10.8. The number of ether oxygens (including phenoxy) is 1. The van der Waals surface area contributed by atoms with Crippen molar-refractivity contribution in [3.63, 3.8) is 0 Å². The maximum atomic E-state index is 12.1. The summed E-state index contributed by atoms with van der Waals surface area (Å²) in [6.45, 7) is 0. The second-order valence-corrected chi connectivity index (χ2v) is 5.29. The minimum atomic E-state index is -0.0249. The van der Waals surface area contributed by atoms with E-state index >= 15 is 0 Å². The van der Waals surface area contributed by atoms with Gasteiger partial charge in [-0.3, -0.25) is 4.79 Å². The Bertz CT molecular complexity index is 463. The van der Waals surface area contributed by atoms with Crippen molar-refractivity contribution in [2.24, 2.45) is 0 Å². The molecule has 1 aromatic rings. The number of halogens is 1. The highest BCUT2D eigenvalue weighted by molar-refractivity contribution is 6.17. The van der Waals surface area contributed by atoms with Crippen LogP contribution in [0, 0.1) is 0 Å². The van der Waals surface area contributed by atoms with Crippen LogP contribution in [0.1, 0.15) is 35.2 Å². The molecule has 0 radical (unpaired) electrons. The Morgan fingerprint density at radius 3 is 3.00 bits per heavy atom. The summed E-state index contributed by atoms with van der Waals surface area (Å²) < 4.78 is 5.73. The zero-order valence-electron chi connectivity index (χ0n) is 10.1. The third-order valence-corrected chi connectivity index (χ3v) is 4.07. The Morgan fingerprint density at radius 1 is 1.44 bits per heavy atom. The molecule has 3 atom stereocenters. The van der Waals surface area contributed by atoms with Crippen molar-refractivity contribution in [2.45, 2.75) is 43.4 Å². The van der Waals surface area contributed by atoms with Gasteiger partial charge in [0.1, 0.15) is 0 Å². The molecule has 3 unspecified atom stereocenters. The van der Waals surface area contributed by atoms with Crippen molar-refractivity contribution >= 4 is 17.5 Å². The molecule has 2 saturated heterocycles. The molecule has 3 nitrogen and oxygen atoms in total. The Hall–Kier alpha value is -1.06. The molecule has 2 fully saturated rings. The molecule has 0 spiro atoms. The standard InChI is InChI=1S/C14H16ClNO2/c15-8-9-2-1-3-10(6-9)14(17)16-12-7-11-4-5-13(12)18-11/h1-3,6,11-13H,4-5,7-8H2,(H,16,17). The van der Waals surface area contributed by atoms with Crippen molar-refractivity contribution in [2.75, 3.05) is 0 Å². The molecule has 96 valence electrons. The van der Waals surface area contributed by atoms with E-state index in [4.69, 9.17) is 16.3 Å². The molecule has 18 heavy (non-hydrogen) atoms. The van der Waals surface area contributed by atoms with Crippen LogP contribution < -0.4 is 5.32 Å². The first-order valence-corrected chi connectivity index (χ1v) is 6.91. The zero-order chi connectivity index (χ0) is 12.5. The third-order valence-electron chi connectivity index (χ3n) is 3.77. The normalized spacial score (nSPS) is 29.5. The van der Waals surface area contributed by atoms with E-state index < -0.39 is 0 Å². The Kier molecular flexibility index (Phi) is 3.27. The van der Waals surface area contributed by atoms with Gasteiger partial charge in [-0.2, -0.15) is 0 Å². The molecule has 1 N–H and O–H groups in total. The highest BCUT2D eigenvalue weighted by Crippen LogP contribution is 2.34. The summed E-state index contributed by atoms with van der Waals surface area (Å²) in [5.74, 6) is 0.404. The summed E-state index contributed by atoms with van der Waals surface area (Å²) in [6.07, 6.45) is 3.73. The lowest BCUT2D eigenvalue weighted by atomic mass is 9.95. The van der Waals surface area contributed by atoms with Crippen LogP contribution in [0.5, 0.6) is 0 Å². The highest BCUT2D eigenvalue weighted by Gasteiger charge is 2.41. The summed E-state index contributed by atoms with van der Waals surface area (Å²) in [5, 5.41) is 3.07. The van der Waals surface area contributed by atoms with Crippen molar-refractivity contribution in [3.05, 3.63) is 35.4 Å². The van der Waals surface area contributed by atoms with Crippen LogP contribution in [0.15, 0.2) is 24.3 Å². The number of fused-ring (bicyclic) bond motifs is 2. The van der Waals surface area contributed by atoms with Gasteiger partial charge >= 0.3 is 0 Å². The first-order chi connectivity index (χ1) is 8.76. The van der Waals surface area contributed by atoms with E-state index in [0.29, 0.717) is 17.5 Å². The van der Waals surface area contributed by atoms with Crippen molar-refractivity contribution in [3.8, 4) is 0 Å². The summed E-state index contributed by atoms with van der Waals surface area (Å²) in [4.78, 5) is 12.1. The molecule has 0 aromatic heterocycles. The van der Waals surface area contributed by atoms with Crippen LogP contribution in [0.25, 0.3) is 0 Å². The van der Waals surface area contributed by atoms with E-state index in [1.165, 1.54) is 0 Å². The fourth-order valence-electron chi connectivity index (χ4n) is 2.84. The number of carbonyl (C=O) groups excluding carboxylic acids is 1. The number of amides is 1. The minimum Gasteiger partial charge on any atom is -0.373 e. The fraction of sp³-hybridized carbons (Fsp3) is 0.500. The van der Waals surface area contributed by atoms with Gasteiger partial charge in [0.25, 0.3) is 5.91 Å². The molecule has 4 heteroatoms. The predicted molar refractivity (Wildman–Crippen MR) is 69.8 cm³/mol. The molecule has 2 aliphatic heterocycles. The summed E-state index contributed by atoms with van der Waals surface area (Å²) in [6, 6.07) is 7.63. The molecule has 2 aliphatic rings. The molecule has 0 aliphatic carbocycles. The number of alkyl halides is 1. The van der Waals surface area contributed by atoms with Gasteiger partial charge in [0.15, 0.2) is 0 Å². The fourth-order valence-corrected chi connectivity index (χ4v) is 3.00. The van der Waals surface area contributed by atoms with E-state index in [9.17, 15) is 4.79 Å². The lowest BCUT2D eigenvalue weighted by Gasteiger charge is -2.20. The van der Waals surface area contributed by atoms with Crippen molar-refractivity contribution in [1.29, 1.82) is 0 Å². The molecular formula is C14H16ClNO2. The van der Waals surface area contributed by atoms with Gasteiger partial charge in [-0.1, -0.05) is 12.1 Å². The lowest BCUT2D eigenvalue weighted by molar-refractivity contribution is 0.0841. The first kappa shape index (κ1) is 12.0. The van der Waals surface area contributed by atoms with E-state index in [2.05, 4.69) is 5.32 Å². The molecule has 2 bridgehead atoms. The van der Waals surface area contributed by atoms with Gasteiger partial charge in [-0.15, -0.1) is 11.6 Å². The predicted octanol–water partition coefficient (Wildman–Crippen LogP) is 2.48. The van der Waals surface area contributed by atoms with Gasteiger partial charge < -0.3 is 10.1 Å². The molecule has 1 amide bonds. The summed E-state index contributed by atoms with van der Waals surface area (Å²) >= 11 is 5.77. The van der Waals surface area contributed by atoms with Crippen LogP contribution in [-0.4, -0.2) is 24.2 Å². The monoisotopic (exact) mass is 265 g/mol. The average molecular weight is 266 g/mol. The molecule has 0 saturated carbocycles. The van der Waals surface area contributed by atoms with Crippen LogP contribution in [-0.2, 0) is 10.6 Å². The molecule has 1 aromatic carbocycles. The lowest BCUT2D eigenvalue weighted by Crippen LogP contribution is -2.41. The Balaban J connectivity index is 1.67. The molecule has 3 rings (SSSR count). The van der Waals surface area contributed by atoms with Crippen molar-refractivity contribution in [1.82, 2.24) is 5.32 Å². The number of carbonyl (C=O) groups is 1. The van der Waals surface area contributed by atoms with E-state index in [1.54, 1.807) is 0 Å². The highest BCUT2D eigenvalue weighted by atomic mass is 35.5. The van der Waals surface area contributed by atoms with Crippen LogP contribution in [0.2, 0.25) is 0 Å². The van der Waals surface area contributed by atoms with Crippen LogP contribution in [0.3, 0.4) is 0 Å². The average Bonchev–Trinajstić information content (AvgIpc) is 3.01. The van der Waals surface area contributed by atoms with Gasteiger partial charge in [0.2, 0.25) is 0 Å². The molecular weight excluding hydrogens is 250 g/mol. The maximum Gasteiger partial charge on any atom is 0.251 e. The Morgan fingerprint density at radius 2 is 2.33 bits per heavy atom. The van der Waals surface area contributed by atoms with Gasteiger partial charge in [-0.05, 0) is 37.0 Å². The second kappa shape index (κ2) is 4.90. The summed E-state index contributed by atoms with van der Waals surface area (Å²) in [7, 11) is 0. The third kappa shape index (κ3) is 2.25. The Labute approximate surface area is 111 Å². The maximum absolute atomic E-state index is 12.1. The van der Waals surface area contributed by atoms with Gasteiger partial charge in [-0.25, -0.2) is 0 Å². The number of rotatable bonds is 3. The smallest absolute Gasteiger partial charge is 0.251 e. The van der Waals surface area contributed by atoms with Crippen LogP contribution in [0.4, 0.5) is 0 Å². The number of hydrogen-bond acceptors (Lipinski definition) is 2.